The monoisotopic (exact) mass is 439 g/mol. The molecule has 31 heavy (non-hydrogen) atoms. The lowest BCUT2D eigenvalue weighted by molar-refractivity contribution is -0.120. The highest BCUT2D eigenvalue weighted by molar-refractivity contribution is 7.22. The molecule has 0 saturated carbocycles. The van der Waals surface area contributed by atoms with E-state index in [4.69, 9.17) is 14.5 Å². The first-order valence-corrected chi connectivity index (χ1v) is 11.2. The number of nitrogens with zero attached hydrogens (tertiary/aromatic N) is 2. The van der Waals surface area contributed by atoms with E-state index in [0.29, 0.717) is 24.4 Å². The van der Waals surface area contributed by atoms with Crippen molar-refractivity contribution in [2.24, 2.45) is 5.92 Å². The van der Waals surface area contributed by atoms with Gasteiger partial charge in [-0.2, -0.15) is 0 Å². The fourth-order valence-electron chi connectivity index (χ4n) is 3.76. The number of esters is 1. The minimum atomic E-state index is -0.470. The highest BCUT2D eigenvalue weighted by Crippen LogP contribution is 2.34. The maximum atomic E-state index is 13.0. The molecule has 2 heterocycles. The topological polar surface area (TPSA) is 80.8 Å². The van der Waals surface area contributed by atoms with E-state index in [-0.39, 0.29) is 11.8 Å². The molecule has 8 heteroatoms. The fourth-order valence-corrected chi connectivity index (χ4v) is 4.79. The number of thiazole rings is 1. The number of nitrogens with one attached hydrogen (secondary N) is 1. The quantitative estimate of drug-likeness (QED) is 0.576. The van der Waals surface area contributed by atoms with Crippen LogP contribution in [0.4, 0.5) is 10.8 Å². The summed E-state index contributed by atoms with van der Waals surface area (Å²) in [4.78, 5) is 31.9. The standard InChI is InChI=1S/C23H25N3O4S/c1-3-30-16-10-11-19-20(13-16)31-23(25-19)26-12-6-7-15(14-26)21(27)24-18-9-5-4-8-17(18)22(28)29-2/h4-5,8-11,13,15H,3,6-7,12,14H2,1-2H3,(H,24,27)/t15-/m1/s1. The van der Waals surface area contributed by atoms with E-state index in [1.165, 1.54) is 7.11 Å². The number of anilines is 2. The molecule has 0 unspecified atom stereocenters. The van der Waals surface area contributed by atoms with Crippen LogP contribution in [0.15, 0.2) is 42.5 Å². The Morgan fingerprint density at radius 2 is 2.10 bits per heavy atom. The average molecular weight is 440 g/mol. The van der Waals surface area contributed by atoms with Gasteiger partial charge in [0.2, 0.25) is 5.91 Å². The molecule has 3 aromatic rings. The maximum Gasteiger partial charge on any atom is 0.339 e. The van der Waals surface area contributed by atoms with Crippen LogP contribution in [-0.2, 0) is 9.53 Å². The Hall–Kier alpha value is -3.13. The van der Waals surface area contributed by atoms with Crippen LogP contribution in [0, 0.1) is 5.92 Å². The second-order valence-corrected chi connectivity index (χ2v) is 8.38. The Morgan fingerprint density at radius 1 is 1.26 bits per heavy atom. The molecule has 1 fully saturated rings. The van der Waals surface area contributed by atoms with Crippen molar-refractivity contribution in [1.82, 2.24) is 4.98 Å². The summed E-state index contributed by atoms with van der Waals surface area (Å²) in [5.41, 5.74) is 1.75. The number of rotatable bonds is 6. The molecule has 0 aliphatic carbocycles. The SMILES string of the molecule is CCOc1ccc2nc(N3CCC[C@@H](C(=O)Nc4ccccc4C(=O)OC)C3)sc2c1. The normalized spacial score (nSPS) is 16.2. The Kier molecular flexibility index (Phi) is 6.36. The number of para-hydroxylation sites is 1. The van der Waals surface area contributed by atoms with Crippen molar-refractivity contribution in [1.29, 1.82) is 0 Å². The Balaban J connectivity index is 1.48. The lowest BCUT2D eigenvalue weighted by atomic mass is 9.97. The lowest BCUT2D eigenvalue weighted by Gasteiger charge is -2.31. The number of methoxy groups -OCH3 is 1. The van der Waals surface area contributed by atoms with Gasteiger partial charge in [-0.05, 0) is 50.1 Å². The second kappa shape index (κ2) is 9.34. The van der Waals surface area contributed by atoms with E-state index >= 15 is 0 Å². The molecular formula is C23H25N3O4S. The van der Waals surface area contributed by atoms with Gasteiger partial charge in [0.1, 0.15) is 5.75 Å². The fraction of sp³-hybridized carbons (Fsp3) is 0.348. The summed E-state index contributed by atoms with van der Waals surface area (Å²) >= 11 is 1.61. The third-order valence-corrected chi connectivity index (χ3v) is 6.39. The largest absolute Gasteiger partial charge is 0.494 e. The number of benzene rings is 2. The van der Waals surface area contributed by atoms with Gasteiger partial charge in [0.25, 0.3) is 0 Å². The zero-order chi connectivity index (χ0) is 21.8. The third kappa shape index (κ3) is 4.64. The van der Waals surface area contributed by atoms with E-state index in [0.717, 1.165) is 40.5 Å². The van der Waals surface area contributed by atoms with Gasteiger partial charge >= 0.3 is 5.97 Å². The van der Waals surface area contributed by atoms with Gasteiger partial charge in [-0.15, -0.1) is 0 Å². The molecule has 0 spiro atoms. The van der Waals surface area contributed by atoms with Crippen molar-refractivity contribution >= 4 is 44.2 Å². The number of amides is 1. The van der Waals surface area contributed by atoms with E-state index < -0.39 is 5.97 Å². The van der Waals surface area contributed by atoms with Gasteiger partial charge in [-0.3, -0.25) is 4.79 Å². The summed E-state index contributed by atoms with van der Waals surface area (Å²) in [6.45, 7) is 4.04. The molecule has 1 aliphatic heterocycles. The van der Waals surface area contributed by atoms with Crippen molar-refractivity contribution in [2.45, 2.75) is 19.8 Å². The number of piperidine rings is 1. The van der Waals surface area contributed by atoms with Crippen LogP contribution >= 0.6 is 11.3 Å². The molecule has 1 amide bonds. The number of aromatic nitrogens is 1. The predicted molar refractivity (Wildman–Crippen MR) is 122 cm³/mol. The van der Waals surface area contributed by atoms with Gasteiger partial charge in [-0.25, -0.2) is 9.78 Å². The highest BCUT2D eigenvalue weighted by Gasteiger charge is 2.28. The van der Waals surface area contributed by atoms with Crippen molar-refractivity contribution in [3.63, 3.8) is 0 Å². The van der Waals surface area contributed by atoms with E-state index in [1.54, 1.807) is 35.6 Å². The summed E-state index contributed by atoms with van der Waals surface area (Å²) < 4.78 is 11.5. The first kappa shape index (κ1) is 21.1. The summed E-state index contributed by atoms with van der Waals surface area (Å²) in [5, 5.41) is 3.83. The van der Waals surface area contributed by atoms with Crippen molar-refractivity contribution in [2.75, 3.05) is 37.0 Å². The highest BCUT2D eigenvalue weighted by atomic mass is 32.1. The maximum absolute atomic E-state index is 13.0. The number of fused-ring (bicyclic) bond motifs is 1. The van der Waals surface area contributed by atoms with Crippen LogP contribution in [0.25, 0.3) is 10.2 Å². The van der Waals surface area contributed by atoms with Gasteiger partial charge in [0, 0.05) is 13.1 Å². The van der Waals surface area contributed by atoms with Gasteiger partial charge in [0.05, 0.1) is 41.1 Å². The van der Waals surface area contributed by atoms with Gasteiger partial charge in [-0.1, -0.05) is 23.5 Å². The van der Waals surface area contributed by atoms with E-state index in [1.807, 2.05) is 25.1 Å². The lowest BCUT2D eigenvalue weighted by Crippen LogP contribution is -2.40. The van der Waals surface area contributed by atoms with Crippen molar-refractivity contribution < 1.29 is 19.1 Å². The van der Waals surface area contributed by atoms with Crippen LogP contribution in [0.5, 0.6) is 5.75 Å². The summed E-state index contributed by atoms with van der Waals surface area (Å²) in [7, 11) is 1.33. The Labute approximate surface area is 185 Å². The zero-order valence-corrected chi connectivity index (χ0v) is 18.4. The molecule has 1 aromatic heterocycles. The zero-order valence-electron chi connectivity index (χ0n) is 17.6. The number of carbonyl (C=O) groups is 2. The predicted octanol–water partition coefficient (Wildman–Crippen LogP) is 4.34. The average Bonchev–Trinajstić information content (AvgIpc) is 3.23. The molecule has 1 atom stereocenters. The van der Waals surface area contributed by atoms with Crippen LogP contribution < -0.4 is 15.0 Å². The number of hydrogen-bond acceptors (Lipinski definition) is 7. The minimum Gasteiger partial charge on any atom is -0.494 e. The molecule has 1 N–H and O–H groups in total. The molecule has 2 aromatic carbocycles. The molecule has 0 radical (unpaired) electrons. The Morgan fingerprint density at radius 3 is 2.90 bits per heavy atom. The van der Waals surface area contributed by atoms with Gasteiger partial charge in [0.15, 0.2) is 5.13 Å². The van der Waals surface area contributed by atoms with Crippen molar-refractivity contribution in [3.05, 3.63) is 48.0 Å². The van der Waals surface area contributed by atoms with Crippen LogP contribution in [-0.4, -0.2) is 43.7 Å². The Bertz CT molecular complexity index is 1100. The van der Waals surface area contributed by atoms with E-state index in [9.17, 15) is 9.59 Å². The number of hydrogen-bond donors (Lipinski definition) is 1. The molecule has 0 bridgehead atoms. The summed E-state index contributed by atoms with van der Waals surface area (Å²) in [5.74, 6) is 0.0821. The van der Waals surface area contributed by atoms with Gasteiger partial charge < -0.3 is 19.7 Å². The minimum absolute atomic E-state index is 0.0965. The first-order chi connectivity index (χ1) is 15.1. The molecular weight excluding hydrogens is 414 g/mol. The second-order valence-electron chi connectivity index (χ2n) is 7.37. The molecule has 1 saturated heterocycles. The molecule has 162 valence electrons. The van der Waals surface area contributed by atoms with Crippen LogP contribution in [0.3, 0.4) is 0 Å². The molecule has 4 rings (SSSR count). The number of ether oxygens (including phenoxy) is 2. The van der Waals surface area contributed by atoms with Crippen LogP contribution in [0.2, 0.25) is 0 Å². The van der Waals surface area contributed by atoms with Crippen LogP contribution in [0.1, 0.15) is 30.1 Å². The van der Waals surface area contributed by atoms with E-state index in [2.05, 4.69) is 10.2 Å². The smallest absolute Gasteiger partial charge is 0.339 e. The summed E-state index contributed by atoms with van der Waals surface area (Å²) in [6, 6.07) is 12.8. The third-order valence-electron chi connectivity index (χ3n) is 5.31. The number of carbonyl (C=O) groups excluding carboxylic acids is 2. The molecule has 1 aliphatic rings. The summed E-state index contributed by atoms with van der Waals surface area (Å²) in [6.07, 6.45) is 1.69. The molecule has 7 nitrogen and oxygen atoms in total. The first-order valence-electron chi connectivity index (χ1n) is 10.4. The van der Waals surface area contributed by atoms with Crippen molar-refractivity contribution in [3.8, 4) is 5.75 Å².